The van der Waals surface area contributed by atoms with Crippen LogP contribution in [0.3, 0.4) is 0 Å². The average Bonchev–Trinajstić information content (AvgIpc) is 3.53. The summed E-state index contributed by atoms with van der Waals surface area (Å²) in [6, 6.07) is 12.7. The minimum atomic E-state index is -3.57. The van der Waals surface area contributed by atoms with Crippen LogP contribution in [0.25, 0.3) is 22.4 Å². The number of benzene rings is 1. The Balaban J connectivity index is 1.21. The summed E-state index contributed by atoms with van der Waals surface area (Å²) in [6.07, 6.45) is 0.901. The minimum absolute atomic E-state index is 0.147. The lowest BCUT2D eigenvalue weighted by molar-refractivity contribution is -0.120. The van der Waals surface area contributed by atoms with Crippen molar-refractivity contribution >= 4 is 66.3 Å². The molecule has 0 radical (unpaired) electrons. The lowest BCUT2D eigenvalue weighted by Gasteiger charge is -2.29. The molecular formula is C21H18ClN3O4S3. The number of thiazole rings is 1. The Morgan fingerprint density at radius 2 is 1.97 bits per heavy atom. The number of hydrogen-bond acceptors (Lipinski definition) is 7. The highest BCUT2D eigenvalue weighted by Gasteiger charge is 2.33. The first-order chi connectivity index (χ1) is 15.4. The molecule has 0 spiro atoms. The molecule has 4 heterocycles. The molecule has 1 N–H and O–H groups in total. The third-order valence-electron chi connectivity index (χ3n) is 5.38. The number of carbonyl (C=O) groups excluding carboxylic acids is 1. The van der Waals surface area contributed by atoms with E-state index in [4.69, 9.17) is 16.0 Å². The molecule has 5 rings (SSSR count). The maximum Gasteiger partial charge on any atom is 0.252 e. The molecule has 3 aromatic heterocycles. The van der Waals surface area contributed by atoms with Gasteiger partial charge < -0.3 is 9.73 Å². The highest BCUT2D eigenvalue weighted by atomic mass is 35.5. The van der Waals surface area contributed by atoms with Crippen LogP contribution in [-0.2, 0) is 14.8 Å². The first-order valence-electron chi connectivity index (χ1n) is 9.91. The molecule has 4 aromatic rings. The van der Waals surface area contributed by atoms with E-state index >= 15 is 0 Å². The second-order valence-electron chi connectivity index (χ2n) is 7.41. The maximum atomic E-state index is 12.7. The van der Waals surface area contributed by atoms with Crippen LogP contribution in [0, 0.1) is 5.92 Å². The molecule has 7 nitrogen and oxygen atoms in total. The quantitative estimate of drug-likeness (QED) is 0.395. The molecule has 0 bridgehead atoms. The number of furan rings is 1. The summed E-state index contributed by atoms with van der Waals surface area (Å²) in [7, 11) is -3.57. The summed E-state index contributed by atoms with van der Waals surface area (Å²) >= 11 is 8.25. The SMILES string of the molecule is O=C(Nc1nc(-c2cc3ccccc3o2)cs1)C1CCN(S(=O)(=O)c2ccc(Cl)s2)CC1. The number of para-hydroxylation sites is 1. The van der Waals surface area contributed by atoms with Crippen molar-refractivity contribution in [2.75, 3.05) is 18.4 Å². The van der Waals surface area contributed by atoms with Crippen LogP contribution in [0.15, 0.2) is 56.5 Å². The third kappa shape index (κ3) is 4.20. The fraction of sp³-hybridized carbons (Fsp3) is 0.238. The van der Waals surface area contributed by atoms with E-state index in [0.29, 0.717) is 33.8 Å². The Kier molecular flexibility index (Phi) is 5.81. The van der Waals surface area contributed by atoms with Gasteiger partial charge in [-0.25, -0.2) is 13.4 Å². The zero-order valence-corrected chi connectivity index (χ0v) is 19.9. The standard InChI is InChI=1S/C21H18ClN3O4S3/c22-18-5-6-19(31-18)32(27,28)25-9-7-13(8-10-25)20(26)24-21-23-15(12-30-21)17-11-14-3-1-2-4-16(14)29-17/h1-6,11-13H,7-10H2,(H,23,24,26). The topological polar surface area (TPSA) is 92.5 Å². The summed E-state index contributed by atoms with van der Waals surface area (Å²) in [6.45, 7) is 0.579. The smallest absolute Gasteiger partial charge is 0.252 e. The van der Waals surface area contributed by atoms with Gasteiger partial charge in [0.25, 0.3) is 10.0 Å². The fourth-order valence-electron chi connectivity index (χ4n) is 3.68. The fourth-order valence-corrected chi connectivity index (χ4v) is 7.49. The predicted molar refractivity (Wildman–Crippen MR) is 127 cm³/mol. The molecule has 1 aromatic carbocycles. The van der Waals surface area contributed by atoms with Gasteiger partial charge in [-0.05, 0) is 37.1 Å². The highest BCUT2D eigenvalue weighted by molar-refractivity contribution is 7.91. The number of sulfonamides is 1. The van der Waals surface area contributed by atoms with E-state index in [1.807, 2.05) is 35.7 Å². The normalized spacial score (nSPS) is 15.9. The predicted octanol–water partition coefficient (Wildman–Crippen LogP) is 5.31. The van der Waals surface area contributed by atoms with Crippen molar-refractivity contribution in [3.63, 3.8) is 0 Å². The Bertz CT molecular complexity index is 1350. The molecule has 1 amide bonds. The number of piperidine rings is 1. The number of halogens is 1. The molecule has 11 heteroatoms. The highest BCUT2D eigenvalue weighted by Crippen LogP contribution is 2.32. The molecule has 32 heavy (non-hydrogen) atoms. The number of anilines is 1. The molecule has 1 saturated heterocycles. The summed E-state index contributed by atoms with van der Waals surface area (Å²) < 4.78 is 33.4. The van der Waals surface area contributed by atoms with E-state index in [-0.39, 0.29) is 29.1 Å². The summed E-state index contributed by atoms with van der Waals surface area (Å²) in [5.41, 5.74) is 1.45. The lowest BCUT2D eigenvalue weighted by Crippen LogP contribution is -2.41. The van der Waals surface area contributed by atoms with Crippen molar-refractivity contribution in [1.29, 1.82) is 0 Å². The molecule has 1 aliphatic heterocycles. The Labute approximate surface area is 197 Å². The van der Waals surface area contributed by atoms with Crippen LogP contribution in [0.2, 0.25) is 4.34 Å². The molecule has 1 fully saturated rings. The third-order valence-corrected chi connectivity index (χ3v) is 9.73. The lowest BCUT2D eigenvalue weighted by atomic mass is 9.97. The van der Waals surface area contributed by atoms with E-state index in [0.717, 1.165) is 22.3 Å². The van der Waals surface area contributed by atoms with Crippen LogP contribution in [0.5, 0.6) is 0 Å². The Morgan fingerprint density at radius 3 is 2.69 bits per heavy atom. The van der Waals surface area contributed by atoms with Crippen LogP contribution < -0.4 is 5.32 Å². The number of nitrogens with one attached hydrogen (secondary N) is 1. The van der Waals surface area contributed by atoms with E-state index < -0.39 is 10.0 Å². The van der Waals surface area contributed by atoms with Gasteiger partial charge in [-0.2, -0.15) is 4.31 Å². The summed E-state index contributed by atoms with van der Waals surface area (Å²) in [5.74, 6) is 0.230. The first-order valence-corrected chi connectivity index (χ1v) is 13.4. The number of carbonyl (C=O) groups is 1. The number of fused-ring (bicyclic) bond motifs is 1. The number of aromatic nitrogens is 1. The van der Waals surface area contributed by atoms with Gasteiger partial charge in [-0.15, -0.1) is 22.7 Å². The summed E-state index contributed by atoms with van der Waals surface area (Å²) in [4.78, 5) is 17.2. The molecule has 1 aliphatic rings. The van der Waals surface area contributed by atoms with Crippen molar-refractivity contribution in [1.82, 2.24) is 9.29 Å². The zero-order valence-electron chi connectivity index (χ0n) is 16.7. The van der Waals surface area contributed by atoms with E-state index in [1.165, 1.54) is 21.7 Å². The van der Waals surface area contributed by atoms with Gasteiger partial charge in [0.15, 0.2) is 10.9 Å². The van der Waals surface area contributed by atoms with Crippen molar-refractivity contribution in [3.8, 4) is 11.5 Å². The number of hydrogen-bond donors (Lipinski definition) is 1. The molecule has 0 atom stereocenters. The second-order valence-corrected chi connectivity index (χ2v) is 12.2. The van der Waals surface area contributed by atoms with Crippen LogP contribution >= 0.6 is 34.3 Å². The number of nitrogens with zero attached hydrogens (tertiary/aromatic N) is 2. The van der Waals surface area contributed by atoms with Gasteiger partial charge in [-0.3, -0.25) is 4.79 Å². The molecular weight excluding hydrogens is 490 g/mol. The van der Waals surface area contributed by atoms with Crippen molar-refractivity contribution in [2.45, 2.75) is 17.1 Å². The first kappa shape index (κ1) is 21.6. The van der Waals surface area contributed by atoms with Gasteiger partial charge in [0.1, 0.15) is 15.5 Å². The monoisotopic (exact) mass is 507 g/mol. The number of rotatable bonds is 5. The molecule has 166 valence electrons. The molecule has 0 unspecified atom stereocenters. The largest absolute Gasteiger partial charge is 0.454 e. The number of amides is 1. The van der Waals surface area contributed by atoms with Gasteiger partial charge in [0.05, 0.1) is 4.34 Å². The van der Waals surface area contributed by atoms with Gasteiger partial charge in [0, 0.05) is 29.8 Å². The maximum absolute atomic E-state index is 12.7. The van der Waals surface area contributed by atoms with Crippen LogP contribution in [0.1, 0.15) is 12.8 Å². The molecule has 0 saturated carbocycles. The van der Waals surface area contributed by atoms with Crippen molar-refractivity contribution < 1.29 is 17.6 Å². The average molecular weight is 508 g/mol. The van der Waals surface area contributed by atoms with Gasteiger partial charge in [0.2, 0.25) is 5.91 Å². The Hall–Kier alpha value is -2.24. The van der Waals surface area contributed by atoms with Crippen LogP contribution in [0.4, 0.5) is 5.13 Å². The summed E-state index contributed by atoms with van der Waals surface area (Å²) in [5, 5.41) is 6.20. The molecule has 0 aliphatic carbocycles. The Morgan fingerprint density at radius 1 is 1.19 bits per heavy atom. The van der Waals surface area contributed by atoms with Gasteiger partial charge >= 0.3 is 0 Å². The van der Waals surface area contributed by atoms with Gasteiger partial charge in [-0.1, -0.05) is 29.8 Å². The minimum Gasteiger partial charge on any atom is -0.454 e. The van der Waals surface area contributed by atoms with Crippen LogP contribution in [-0.4, -0.2) is 36.7 Å². The van der Waals surface area contributed by atoms with Crippen molar-refractivity contribution in [2.24, 2.45) is 5.92 Å². The number of thiophene rings is 1. The zero-order chi connectivity index (χ0) is 22.3. The van der Waals surface area contributed by atoms with Crippen molar-refractivity contribution in [3.05, 3.63) is 52.2 Å². The van der Waals surface area contributed by atoms with E-state index in [2.05, 4.69) is 10.3 Å². The van der Waals surface area contributed by atoms with E-state index in [1.54, 1.807) is 6.07 Å². The second kappa shape index (κ2) is 8.60. The van der Waals surface area contributed by atoms with E-state index in [9.17, 15) is 13.2 Å².